The summed E-state index contributed by atoms with van der Waals surface area (Å²) in [7, 11) is 0. The lowest BCUT2D eigenvalue weighted by atomic mass is 9.99. The van der Waals surface area contributed by atoms with Gasteiger partial charge in [0.25, 0.3) is 0 Å². The van der Waals surface area contributed by atoms with Crippen LogP contribution in [0, 0.1) is 12.3 Å². The summed E-state index contributed by atoms with van der Waals surface area (Å²) in [6, 6.07) is 0. The molecule has 25 heavy (non-hydrogen) atoms. The maximum atomic E-state index is 9.71. The van der Waals surface area contributed by atoms with Gasteiger partial charge < -0.3 is 39.4 Å². The van der Waals surface area contributed by atoms with Gasteiger partial charge in [-0.15, -0.1) is 6.42 Å². The third kappa shape index (κ3) is 8.39. The van der Waals surface area contributed by atoms with Crippen LogP contribution in [0.15, 0.2) is 0 Å². The van der Waals surface area contributed by atoms with Gasteiger partial charge in [-0.2, -0.15) is 0 Å². The summed E-state index contributed by atoms with van der Waals surface area (Å²) in [4.78, 5) is 9.66. The largest absolute Gasteiger partial charge is 0.394 e. The van der Waals surface area contributed by atoms with Crippen LogP contribution in [0.3, 0.4) is 0 Å². The van der Waals surface area contributed by atoms with Crippen LogP contribution >= 0.6 is 0 Å². The van der Waals surface area contributed by atoms with Crippen LogP contribution in [-0.4, -0.2) is 104 Å². The van der Waals surface area contributed by atoms with Gasteiger partial charge in [0.2, 0.25) is 6.29 Å². The Morgan fingerprint density at radius 3 is 2.04 bits per heavy atom. The van der Waals surface area contributed by atoms with E-state index in [2.05, 4.69) is 5.92 Å². The van der Waals surface area contributed by atoms with Gasteiger partial charge in [0.1, 0.15) is 37.6 Å². The number of hydrogen-bond donors (Lipinski definition) is 4. The Labute approximate surface area is 146 Å². The molecule has 0 unspecified atom stereocenters. The molecule has 1 fully saturated rings. The number of aliphatic hydroxyl groups excluding tert-OH is 4. The summed E-state index contributed by atoms with van der Waals surface area (Å²) < 4.78 is 20.6. The molecular formula is C15H26O10. The van der Waals surface area contributed by atoms with Crippen molar-refractivity contribution in [3.05, 3.63) is 0 Å². The Hall–Kier alpha value is -0.840. The maximum Gasteiger partial charge on any atom is 0.220 e. The van der Waals surface area contributed by atoms with Crippen LogP contribution in [0.25, 0.3) is 0 Å². The monoisotopic (exact) mass is 366 g/mol. The van der Waals surface area contributed by atoms with E-state index >= 15 is 0 Å². The zero-order valence-electron chi connectivity index (χ0n) is 13.9. The van der Waals surface area contributed by atoms with Crippen molar-refractivity contribution in [2.24, 2.45) is 0 Å². The van der Waals surface area contributed by atoms with Gasteiger partial charge in [-0.1, -0.05) is 5.92 Å². The Balaban J connectivity index is 2.00. The smallest absolute Gasteiger partial charge is 0.220 e. The topological polar surface area (TPSA) is 136 Å². The summed E-state index contributed by atoms with van der Waals surface area (Å²) in [6.45, 7) is 1.52. The fourth-order valence-electron chi connectivity index (χ4n) is 1.93. The predicted octanol–water partition coefficient (Wildman–Crippen LogP) is -2.58. The quantitative estimate of drug-likeness (QED) is 0.119. The van der Waals surface area contributed by atoms with Crippen LogP contribution < -0.4 is 0 Å². The van der Waals surface area contributed by atoms with E-state index in [1.54, 1.807) is 0 Å². The lowest BCUT2D eigenvalue weighted by Crippen LogP contribution is -2.59. The normalized spacial score (nSPS) is 29.5. The Kier molecular flexibility index (Phi) is 11.9. The highest BCUT2D eigenvalue weighted by Crippen LogP contribution is 2.21. The van der Waals surface area contributed by atoms with Gasteiger partial charge in [0.05, 0.1) is 39.6 Å². The van der Waals surface area contributed by atoms with Gasteiger partial charge in [0.15, 0.2) is 0 Å². The van der Waals surface area contributed by atoms with Gasteiger partial charge in [0, 0.05) is 0 Å². The van der Waals surface area contributed by atoms with E-state index in [1.165, 1.54) is 0 Å². The number of aliphatic hydroxyl groups is 4. The minimum Gasteiger partial charge on any atom is -0.394 e. The summed E-state index contributed by atoms with van der Waals surface area (Å²) >= 11 is 0. The SMILES string of the molecule is C#CCOCCOCCOCCOO[C@H]1O[C@H](CO)[C@@H](O)[C@H](O)[C@@H]1O. The molecule has 146 valence electrons. The summed E-state index contributed by atoms with van der Waals surface area (Å²) in [5, 5.41) is 37.9. The van der Waals surface area contributed by atoms with Crippen molar-refractivity contribution in [3.8, 4) is 12.3 Å². The van der Waals surface area contributed by atoms with Crippen molar-refractivity contribution >= 4 is 0 Å². The van der Waals surface area contributed by atoms with Crippen molar-refractivity contribution in [1.82, 2.24) is 0 Å². The first-order valence-electron chi connectivity index (χ1n) is 7.87. The first kappa shape index (κ1) is 22.2. The lowest BCUT2D eigenvalue weighted by molar-refractivity contribution is -0.427. The second-order valence-corrected chi connectivity index (χ2v) is 5.10. The van der Waals surface area contributed by atoms with E-state index in [1.807, 2.05) is 0 Å². The van der Waals surface area contributed by atoms with E-state index < -0.39 is 37.3 Å². The molecule has 0 amide bonds. The molecule has 1 aliphatic rings. The molecule has 5 atom stereocenters. The fraction of sp³-hybridized carbons (Fsp3) is 0.867. The van der Waals surface area contributed by atoms with Crippen LogP contribution in [0.2, 0.25) is 0 Å². The van der Waals surface area contributed by atoms with E-state index in [0.29, 0.717) is 26.4 Å². The minimum atomic E-state index is -1.52. The molecule has 0 radical (unpaired) electrons. The zero-order chi connectivity index (χ0) is 18.5. The molecule has 10 heteroatoms. The first-order chi connectivity index (χ1) is 12.1. The Bertz CT molecular complexity index is 372. The molecule has 0 aromatic carbocycles. The zero-order valence-corrected chi connectivity index (χ0v) is 13.9. The van der Waals surface area contributed by atoms with Crippen molar-refractivity contribution in [2.45, 2.75) is 30.7 Å². The van der Waals surface area contributed by atoms with Crippen molar-refractivity contribution in [2.75, 3.05) is 52.9 Å². The fourth-order valence-corrected chi connectivity index (χ4v) is 1.93. The van der Waals surface area contributed by atoms with E-state index in [9.17, 15) is 15.3 Å². The molecule has 10 nitrogen and oxygen atoms in total. The van der Waals surface area contributed by atoms with Crippen LogP contribution in [0.4, 0.5) is 0 Å². The minimum absolute atomic E-state index is 0.0420. The first-order valence-corrected chi connectivity index (χ1v) is 7.87. The number of terminal acetylenes is 1. The average Bonchev–Trinajstić information content (AvgIpc) is 2.62. The third-order valence-electron chi connectivity index (χ3n) is 3.25. The standard InChI is InChI=1S/C15H26O10/c1-2-3-20-4-5-21-6-7-22-8-9-23-25-15-14(19)13(18)12(17)11(10-16)24-15/h1,11-19H,3-10H2/t11-,12-,13+,14+,15-/m1/s1. The highest BCUT2D eigenvalue weighted by Gasteiger charge is 2.44. The predicted molar refractivity (Wildman–Crippen MR) is 82.1 cm³/mol. The second-order valence-electron chi connectivity index (χ2n) is 5.10. The molecule has 1 aliphatic heterocycles. The summed E-state index contributed by atoms with van der Waals surface area (Å²) in [5.74, 6) is 2.34. The molecule has 1 rings (SSSR count). The molecule has 0 aromatic rings. The molecule has 1 heterocycles. The van der Waals surface area contributed by atoms with E-state index in [-0.39, 0.29) is 19.8 Å². The van der Waals surface area contributed by atoms with Gasteiger partial charge in [-0.05, 0) is 0 Å². The van der Waals surface area contributed by atoms with Gasteiger partial charge >= 0.3 is 0 Å². The second kappa shape index (κ2) is 13.4. The molecule has 0 spiro atoms. The molecule has 0 aliphatic carbocycles. The van der Waals surface area contributed by atoms with Crippen LogP contribution in [0.5, 0.6) is 0 Å². The average molecular weight is 366 g/mol. The molecule has 1 saturated heterocycles. The third-order valence-corrected chi connectivity index (χ3v) is 3.25. The summed E-state index contributed by atoms with van der Waals surface area (Å²) in [5.41, 5.74) is 0. The highest BCUT2D eigenvalue weighted by molar-refractivity contribution is 4.88. The Morgan fingerprint density at radius 1 is 0.840 bits per heavy atom. The van der Waals surface area contributed by atoms with E-state index in [0.717, 1.165) is 0 Å². The molecule has 4 N–H and O–H groups in total. The Morgan fingerprint density at radius 2 is 1.44 bits per heavy atom. The molecule has 0 bridgehead atoms. The van der Waals surface area contributed by atoms with Crippen LogP contribution in [-0.2, 0) is 28.7 Å². The lowest BCUT2D eigenvalue weighted by Gasteiger charge is -2.38. The number of ether oxygens (including phenoxy) is 4. The number of rotatable bonds is 13. The van der Waals surface area contributed by atoms with Crippen molar-refractivity contribution in [1.29, 1.82) is 0 Å². The van der Waals surface area contributed by atoms with E-state index in [4.69, 9.17) is 40.3 Å². The van der Waals surface area contributed by atoms with Crippen molar-refractivity contribution in [3.63, 3.8) is 0 Å². The summed E-state index contributed by atoms with van der Waals surface area (Å²) in [6.07, 6.45) is -1.84. The van der Waals surface area contributed by atoms with Crippen molar-refractivity contribution < 1.29 is 49.1 Å². The van der Waals surface area contributed by atoms with Crippen LogP contribution in [0.1, 0.15) is 0 Å². The highest BCUT2D eigenvalue weighted by atomic mass is 17.2. The molecule has 0 aromatic heterocycles. The molecule has 0 saturated carbocycles. The number of hydrogen-bond acceptors (Lipinski definition) is 10. The van der Waals surface area contributed by atoms with Gasteiger partial charge in [-0.25, -0.2) is 9.78 Å². The maximum absolute atomic E-state index is 9.71. The van der Waals surface area contributed by atoms with Gasteiger partial charge in [-0.3, -0.25) is 0 Å². The molecular weight excluding hydrogens is 340 g/mol.